The Morgan fingerprint density at radius 2 is 1.26 bits per heavy atom. The zero-order valence-electron chi connectivity index (χ0n) is 13.5. The van der Waals surface area contributed by atoms with Gasteiger partial charge in [0.2, 0.25) is 0 Å². The van der Waals surface area contributed by atoms with Gasteiger partial charge in [-0.15, -0.1) is 0 Å². The van der Waals surface area contributed by atoms with Crippen molar-refractivity contribution in [1.29, 1.82) is 0 Å². The molecule has 0 N–H and O–H groups in total. The summed E-state index contributed by atoms with van der Waals surface area (Å²) in [7, 11) is 0. The van der Waals surface area contributed by atoms with Crippen LogP contribution in [0.25, 0.3) is 0 Å². The summed E-state index contributed by atoms with van der Waals surface area (Å²) < 4.78 is 10.0. The molecule has 0 radical (unpaired) electrons. The SMILES string of the molecule is CC.CC(C)COC(=O)CC(C)C(=O)OCC(C)C. The molecule has 1 unspecified atom stereocenters. The fourth-order valence-electron chi connectivity index (χ4n) is 1.04. The normalized spacial score (nSPS) is 11.6. The highest BCUT2D eigenvalue weighted by Crippen LogP contribution is 2.08. The van der Waals surface area contributed by atoms with Crippen molar-refractivity contribution < 1.29 is 19.1 Å². The first kappa shape index (κ1) is 20.3. The van der Waals surface area contributed by atoms with Gasteiger partial charge >= 0.3 is 11.9 Å². The molecule has 114 valence electrons. The van der Waals surface area contributed by atoms with Gasteiger partial charge in [-0.1, -0.05) is 48.5 Å². The highest BCUT2D eigenvalue weighted by atomic mass is 16.5. The molecule has 0 aliphatic heterocycles. The molecule has 0 rings (SSSR count). The molecular weight excluding hydrogens is 244 g/mol. The van der Waals surface area contributed by atoms with E-state index in [0.29, 0.717) is 25.0 Å². The van der Waals surface area contributed by atoms with E-state index in [0.717, 1.165) is 0 Å². The molecule has 0 amide bonds. The molecule has 4 nitrogen and oxygen atoms in total. The Morgan fingerprint density at radius 1 is 0.842 bits per heavy atom. The van der Waals surface area contributed by atoms with Crippen LogP contribution in [0, 0.1) is 17.8 Å². The summed E-state index contributed by atoms with van der Waals surface area (Å²) >= 11 is 0. The van der Waals surface area contributed by atoms with Gasteiger partial charge in [-0.25, -0.2) is 0 Å². The first-order chi connectivity index (χ1) is 8.82. The predicted molar refractivity (Wildman–Crippen MR) is 76.7 cm³/mol. The van der Waals surface area contributed by atoms with E-state index in [-0.39, 0.29) is 18.4 Å². The van der Waals surface area contributed by atoms with Gasteiger partial charge in [-0.2, -0.15) is 0 Å². The zero-order chi connectivity index (χ0) is 15.4. The average Bonchev–Trinajstić information content (AvgIpc) is 2.35. The Hall–Kier alpha value is -1.06. The van der Waals surface area contributed by atoms with Crippen LogP contribution in [0.4, 0.5) is 0 Å². The molecule has 4 heteroatoms. The Bertz CT molecular complexity index is 247. The van der Waals surface area contributed by atoms with E-state index < -0.39 is 5.92 Å². The summed E-state index contributed by atoms with van der Waals surface area (Å²) in [6.07, 6.45) is 0.0870. The number of rotatable bonds is 7. The molecule has 0 spiro atoms. The lowest BCUT2D eigenvalue weighted by Crippen LogP contribution is -2.21. The highest BCUT2D eigenvalue weighted by Gasteiger charge is 2.19. The van der Waals surface area contributed by atoms with Crippen LogP contribution >= 0.6 is 0 Å². The highest BCUT2D eigenvalue weighted by molar-refractivity contribution is 5.79. The van der Waals surface area contributed by atoms with Crippen molar-refractivity contribution in [2.75, 3.05) is 13.2 Å². The minimum absolute atomic E-state index is 0.0870. The van der Waals surface area contributed by atoms with Crippen LogP contribution in [0.5, 0.6) is 0 Å². The zero-order valence-corrected chi connectivity index (χ0v) is 13.5. The van der Waals surface area contributed by atoms with Crippen molar-refractivity contribution in [2.45, 2.75) is 54.9 Å². The molecule has 1 atom stereocenters. The number of carbonyl (C=O) groups excluding carboxylic acids is 2. The first-order valence-corrected chi connectivity index (χ1v) is 7.15. The van der Waals surface area contributed by atoms with E-state index in [9.17, 15) is 9.59 Å². The van der Waals surface area contributed by atoms with E-state index in [2.05, 4.69) is 0 Å². The number of hydrogen-bond donors (Lipinski definition) is 0. The van der Waals surface area contributed by atoms with Crippen molar-refractivity contribution >= 4 is 11.9 Å². The summed E-state index contributed by atoms with van der Waals surface area (Å²) in [5, 5.41) is 0. The summed E-state index contributed by atoms with van der Waals surface area (Å²) in [4.78, 5) is 22.9. The van der Waals surface area contributed by atoms with E-state index in [1.165, 1.54) is 0 Å². The van der Waals surface area contributed by atoms with Gasteiger partial charge < -0.3 is 9.47 Å². The number of esters is 2. The molecule has 19 heavy (non-hydrogen) atoms. The number of carbonyl (C=O) groups is 2. The molecular formula is C15H30O4. The maximum absolute atomic E-state index is 11.5. The van der Waals surface area contributed by atoms with E-state index in [4.69, 9.17) is 9.47 Å². The predicted octanol–water partition coefficient (Wildman–Crippen LogP) is 3.44. The number of hydrogen-bond acceptors (Lipinski definition) is 4. The first-order valence-electron chi connectivity index (χ1n) is 7.15. The van der Waals surface area contributed by atoms with Crippen molar-refractivity contribution in [2.24, 2.45) is 17.8 Å². The minimum Gasteiger partial charge on any atom is -0.465 e. The van der Waals surface area contributed by atoms with Crippen LogP contribution in [0.1, 0.15) is 54.9 Å². The molecule has 0 saturated carbocycles. The standard InChI is InChI=1S/C13H24O4.C2H6/c1-9(2)7-16-12(14)6-11(5)13(15)17-8-10(3)4;1-2/h9-11H,6-8H2,1-5H3;1-2H3. The average molecular weight is 274 g/mol. The monoisotopic (exact) mass is 274 g/mol. The third-order valence-electron chi connectivity index (χ3n) is 2.01. The molecule has 0 bridgehead atoms. The quantitative estimate of drug-likeness (QED) is 0.667. The smallest absolute Gasteiger partial charge is 0.309 e. The largest absolute Gasteiger partial charge is 0.465 e. The maximum atomic E-state index is 11.5. The molecule has 0 aliphatic rings. The topological polar surface area (TPSA) is 52.6 Å². The van der Waals surface area contributed by atoms with Crippen LogP contribution in [0.2, 0.25) is 0 Å². The van der Waals surface area contributed by atoms with Gasteiger partial charge in [0.05, 0.1) is 25.6 Å². The third-order valence-corrected chi connectivity index (χ3v) is 2.01. The van der Waals surface area contributed by atoms with Crippen LogP contribution in [-0.4, -0.2) is 25.2 Å². The van der Waals surface area contributed by atoms with Gasteiger partial charge in [0.1, 0.15) is 0 Å². The van der Waals surface area contributed by atoms with E-state index >= 15 is 0 Å². The Labute approximate surface area is 117 Å². The second kappa shape index (κ2) is 12.0. The third kappa shape index (κ3) is 13.2. The lowest BCUT2D eigenvalue weighted by Gasteiger charge is -2.13. The fourth-order valence-corrected chi connectivity index (χ4v) is 1.04. The molecule has 0 heterocycles. The summed E-state index contributed by atoms with van der Waals surface area (Å²) in [5.74, 6) is -0.498. The van der Waals surface area contributed by atoms with Gasteiger partial charge in [-0.05, 0) is 11.8 Å². The second-order valence-corrected chi connectivity index (χ2v) is 5.21. The van der Waals surface area contributed by atoms with Crippen molar-refractivity contribution in [1.82, 2.24) is 0 Å². The van der Waals surface area contributed by atoms with Crippen molar-refractivity contribution in [3.05, 3.63) is 0 Å². The van der Waals surface area contributed by atoms with Gasteiger partial charge in [0.15, 0.2) is 0 Å². The van der Waals surface area contributed by atoms with Gasteiger partial charge in [0, 0.05) is 0 Å². The van der Waals surface area contributed by atoms with Crippen LogP contribution in [-0.2, 0) is 19.1 Å². The lowest BCUT2D eigenvalue weighted by atomic mass is 10.1. The Kier molecular flexibility index (Phi) is 12.8. The van der Waals surface area contributed by atoms with Crippen LogP contribution < -0.4 is 0 Å². The number of ether oxygens (including phenoxy) is 2. The maximum Gasteiger partial charge on any atom is 0.309 e. The summed E-state index contributed by atoms with van der Waals surface area (Å²) in [6.45, 7) is 14.3. The van der Waals surface area contributed by atoms with E-state index in [1.54, 1.807) is 6.92 Å². The molecule has 0 aromatic heterocycles. The molecule has 0 saturated heterocycles. The fraction of sp³-hybridized carbons (Fsp3) is 0.867. The van der Waals surface area contributed by atoms with E-state index in [1.807, 2.05) is 41.5 Å². The Balaban J connectivity index is 0. The Morgan fingerprint density at radius 3 is 1.68 bits per heavy atom. The van der Waals surface area contributed by atoms with Gasteiger partial charge in [0.25, 0.3) is 0 Å². The molecule has 0 aliphatic carbocycles. The van der Waals surface area contributed by atoms with Crippen LogP contribution in [0.3, 0.4) is 0 Å². The lowest BCUT2D eigenvalue weighted by molar-refractivity contribution is -0.155. The van der Waals surface area contributed by atoms with Gasteiger partial charge in [-0.3, -0.25) is 9.59 Å². The summed E-state index contributed by atoms with van der Waals surface area (Å²) in [6, 6.07) is 0. The molecule has 0 aromatic carbocycles. The minimum atomic E-state index is -0.437. The summed E-state index contributed by atoms with van der Waals surface area (Å²) in [5.41, 5.74) is 0. The van der Waals surface area contributed by atoms with Crippen LogP contribution in [0.15, 0.2) is 0 Å². The van der Waals surface area contributed by atoms with Crippen molar-refractivity contribution in [3.63, 3.8) is 0 Å². The molecule has 0 fully saturated rings. The molecule has 0 aromatic rings. The second-order valence-electron chi connectivity index (χ2n) is 5.21. The van der Waals surface area contributed by atoms with Crippen molar-refractivity contribution in [3.8, 4) is 0 Å².